The molecule has 1 aromatic heterocycles. The largest absolute Gasteiger partial charge is 0.261 e. The first-order valence-electron chi connectivity index (χ1n) is 3.85. The first-order chi connectivity index (χ1) is 6.09. The number of aromatic nitrogens is 1. The molecular weight excluding hydrogens is 168 g/mol. The van der Waals surface area contributed by atoms with Crippen molar-refractivity contribution in [2.45, 2.75) is 13.8 Å². The smallest absolute Gasteiger partial charge is 0.243 e. The monoisotopic (exact) mass is 178 g/mol. The van der Waals surface area contributed by atoms with E-state index in [1.807, 2.05) is 13.0 Å². The zero-order valence-electron chi connectivity index (χ0n) is 7.52. The number of aryl methyl sites for hydroxylation is 1. The van der Waals surface area contributed by atoms with Gasteiger partial charge in [-0.05, 0) is 18.6 Å². The molecule has 1 rings (SSSR count). The van der Waals surface area contributed by atoms with Crippen molar-refractivity contribution < 1.29 is 4.92 Å². The zero-order valence-corrected chi connectivity index (χ0v) is 7.52. The van der Waals surface area contributed by atoms with Crippen molar-refractivity contribution in [1.82, 2.24) is 4.98 Å². The predicted octanol–water partition coefficient (Wildman–Crippen LogP) is 2.03. The van der Waals surface area contributed by atoms with Gasteiger partial charge in [0.25, 0.3) is 0 Å². The second-order valence-corrected chi connectivity index (χ2v) is 2.78. The quantitative estimate of drug-likeness (QED) is 0.514. The molecule has 0 N–H and O–H groups in total. The Kier molecular flexibility index (Phi) is 2.74. The maximum absolute atomic E-state index is 10.3. The molecule has 13 heavy (non-hydrogen) atoms. The van der Waals surface area contributed by atoms with E-state index in [1.54, 1.807) is 12.3 Å². The summed E-state index contributed by atoms with van der Waals surface area (Å²) < 4.78 is 0. The van der Waals surface area contributed by atoms with Gasteiger partial charge >= 0.3 is 0 Å². The van der Waals surface area contributed by atoms with E-state index in [1.165, 1.54) is 13.0 Å². The van der Waals surface area contributed by atoms with E-state index in [2.05, 4.69) is 4.98 Å². The summed E-state index contributed by atoms with van der Waals surface area (Å²) in [6, 6.07) is 3.62. The molecule has 1 aromatic rings. The van der Waals surface area contributed by atoms with E-state index in [0.29, 0.717) is 0 Å². The van der Waals surface area contributed by atoms with Crippen LogP contribution in [0, 0.1) is 17.0 Å². The molecule has 0 aliphatic rings. The Labute approximate surface area is 76.1 Å². The number of nitrogens with zero attached hydrogens (tertiary/aromatic N) is 2. The Morgan fingerprint density at radius 2 is 2.31 bits per heavy atom. The van der Waals surface area contributed by atoms with Crippen molar-refractivity contribution >= 4 is 6.08 Å². The number of allylic oxidation sites excluding steroid dienone is 1. The molecule has 0 amide bonds. The Hall–Kier alpha value is -1.71. The normalized spacial score (nSPS) is 11.4. The molecule has 4 heteroatoms. The van der Waals surface area contributed by atoms with Crippen LogP contribution in [0.3, 0.4) is 0 Å². The van der Waals surface area contributed by atoms with Crippen molar-refractivity contribution in [2.75, 3.05) is 0 Å². The van der Waals surface area contributed by atoms with E-state index in [9.17, 15) is 10.1 Å². The van der Waals surface area contributed by atoms with Gasteiger partial charge < -0.3 is 0 Å². The highest BCUT2D eigenvalue weighted by atomic mass is 16.6. The van der Waals surface area contributed by atoms with Crippen LogP contribution in [-0.4, -0.2) is 9.91 Å². The minimum atomic E-state index is -0.417. The molecule has 0 spiro atoms. The Balaban J connectivity index is 2.92. The molecule has 1 heterocycles. The maximum Gasteiger partial charge on any atom is 0.243 e. The lowest BCUT2D eigenvalue weighted by atomic mass is 10.2. The van der Waals surface area contributed by atoms with Crippen molar-refractivity contribution in [3.63, 3.8) is 0 Å². The van der Waals surface area contributed by atoms with Crippen LogP contribution < -0.4 is 0 Å². The predicted molar refractivity (Wildman–Crippen MR) is 49.6 cm³/mol. The average Bonchev–Trinajstić information content (AvgIpc) is 2.08. The van der Waals surface area contributed by atoms with Gasteiger partial charge in [0.2, 0.25) is 5.70 Å². The van der Waals surface area contributed by atoms with Crippen molar-refractivity contribution in [3.05, 3.63) is 45.4 Å². The summed E-state index contributed by atoms with van der Waals surface area (Å²) in [5.74, 6) is 0. The summed E-state index contributed by atoms with van der Waals surface area (Å²) in [6.45, 7) is 3.33. The van der Waals surface area contributed by atoms with Crippen molar-refractivity contribution in [1.29, 1.82) is 0 Å². The summed E-state index contributed by atoms with van der Waals surface area (Å²) in [6.07, 6.45) is 3.11. The second-order valence-electron chi connectivity index (χ2n) is 2.78. The van der Waals surface area contributed by atoms with Gasteiger partial charge in [-0.3, -0.25) is 15.1 Å². The van der Waals surface area contributed by atoms with Gasteiger partial charge in [0.05, 0.1) is 4.92 Å². The maximum atomic E-state index is 10.3. The van der Waals surface area contributed by atoms with Crippen LogP contribution in [0.4, 0.5) is 0 Å². The molecule has 0 aliphatic heterocycles. The second kappa shape index (κ2) is 3.80. The highest BCUT2D eigenvalue weighted by molar-refractivity contribution is 5.49. The Morgan fingerprint density at radius 3 is 2.77 bits per heavy atom. The molecule has 68 valence electrons. The third kappa shape index (κ3) is 2.66. The lowest BCUT2D eigenvalue weighted by Crippen LogP contribution is -1.93. The van der Waals surface area contributed by atoms with Crippen molar-refractivity contribution in [2.24, 2.45) is 0 Å². The first-order valence-corrected chi connectivity index (χ1v) is 3.85. The number of hydrogen-bond acceptors (Lipinski definition) is 3. The van der Waals surface area contributed by atoms with Gasteiger partial charge in [0, 0.05) is 24.9 Å². The van der Waals surface area contributed by atoms with Crippen molar-refractivity contribution in [3.8, 4) is 0 Å². The minimum Gasteiger partial charge on any atom is -0.261 e. The molecule has 0 atom stereocenters. The molecule has 0 saturated carbocycles. The standard InChI is InChI=1S/C9H10N2O2/c1-7-3-4-9(6-10-7)5-8(2)11(12)13/h3-6H,1-2H3/b8-5-. The van der Waals surface area contributed by atoms with E-state index in [0.717, 1.165) is 11.3 Å². The number of pyridine rings is 1. The number of rotatable bonds is 2. The SMILES string of the molecule is C/C(=C/c1ccc(C)nc1)[N+](=O)[O-]. The fourth-order valence-corrected chi connectivity index (χ4v) is 0.859. The fourth-order valence-electron chi connectivity index (χ4n) is 0.859. The van der Waals surface area contributed by atoms with Gasteiger partial charge in [-0.25, -0.2) is 0 Å². The van der Waals surface area contributed by atoms with E-state index in [-0.39, 0.29) is 5.70 Å². The molecule has 0 aromatic carbocycles. The molecule has 0 bridgehead atoms. The van der Waals surface area contributed by atoms with Crippen LogP contribution in [0.15, 0.2) is 24.0 Å². The molecule has 0 saturated heterocycles. The van der Waals surface area contributed by atoms with Gasteiger partial charge in [0.15, 0.2) is 0 Å². The molecular formula is C9H10N2O2. The lowest BCUT2D eigenvalue weighted by molar-refractivity contribution is -0.422. The number of nitro groups is 1. The summed E-state index contributed by atoms with van der Waals surface area (Å²) in [4.78, 5) is 13.9. The highest BCUT2D eigenvalue weighted by Crippen LogP contribution is 2.05. The summed E-state index contributed by atoms with van der Waals surface area (Å²) in [7, 11) is 0. The van der Waals surface area contributed by atoms with E-state index < -0.39 is 4.92 Å². The third-order valence-electron chi connectivity index (χ3n) is 1.60. The van der Waals surface area contributed by atoms with E-state index in [4.69, 9.17) is 0 Å². The zero-order chi connectivity index (χ0) is 9.84. The molecule has 0 aliphatic carbocycles. The Morgan fingerprint density at radius 1 is 1.62 bits per heavy atom. The molecule has 4 nitrogen and oxygen atoms in total. The Bertz CT molecular complexity index is 341. The van der Waals surface area contributed by atoms with Crippen LogP contribution in [0.2, 0.25) is 0 Å². The average molecular weight is 178 g/mol. The first kappa shape index (κ1) is 9.38. The number of hydrogen-bond donors (Lipinski definition) is 0. The fraction of sp³-hybridized carbons (Fsp3) is 0.222. The van der Waals surface area contributed by atoms with Crippen LogP contribution in [0.5, 0.6) is 0 Å². The van der Waals surface area contributed by atoms with Crippen LogP contribution in [-0.2, 0) is 0 Å². The highest BCUT2D eigenvalue weighted by Gasteiger charge is 2.01. The van der Waals surface area contributed by atoms with Crippen LogP contribution in [0.25, 0.3) is 6.08 Å². The van der Waals surface area contributed by atoms with Crippen LogP contribution >= 0.6 is 0 Å². The molecule has 0 fully saturated rings. The van der Waals surface area contributed by atoms with Gasteiger partial charge in [-0.15, -0.1) is 0 Å². The topological polar surface area (TPSA) is 56.0 Å². The summed E-state index contributed by atoms with van der Waals surface area (Å²) >= 11 is 0. The summed E-state index contributed by atoms with van der Waals surface area (Å²) in [5, 5.41) is 10.3. The van der Waals surface area contributed by atoms with Gasteiger partial charge in [-0.1, -0.05) is 6.07 Å². The van der Waals surface area contributed by atoms with Crippen LogP contribution in [0.1, 0.15) is 18.2 Å². The summed E-state index contributed by atoms with van der Waals surface area (Å²) in [5.41, 5.74) is 1.77. The van der Waals surface area contributed by atoms with Gasteiger partial charge in [0.1, 0.15) is 0 Å². The molecule has 0 unspecified atom stereocenters. The molecule has 0 radical (unpaired) electrons. The lowest BCUT2D eigenvalue weighted by Gasteiger charge is -1.93. The van der Waals surface area contributed by atoms with Gasteiger partial charge in [-0.2, -0.15) is 0 Å². The minimum absolute atomic E-state index is 0.116. The van der Waals surface area contributed by atoms with E-state index >= 15 is 0 Å². The third-order valence-corrected chi connectivity index (χ3v) is 1.60.